The molecule has 1 unspecified atom stereocenters. The van der Waals surface area contributed by atoms with Gasteiger partial charge in [-0.15, -0.1) is 0 Å². The number of nitrogens with zero attached hydrogens (tertiary/aromatic N) is 1. The summed E-state index contributed by atoms with van der Waals surface area (Å²) >= 11 is 0. The SMILES string of the molecule is CCC1(CC)C(=O)NC(=O)N(C(=O)C(O)CO)C1=O.O. The Kier molecular flexibility index (Phi) is 5.95. The topological polar surface area (TPSA) is 156 Å². The van der Waals surface area contributed by atoms with E-state index in [-0.39, 0.29) is 23.2 Å². The molecule has 9 heteroatoms. The first-order valence-electron chi connectivity index (χ1n) is 5.88. The zero-order valence-electron chi connectivity index (χ0n) is 11.2. The highest BCUT2D eigenvalue weighted by Gasteiger charge is 2.54. The van der Waals surface area contributed by atoms with E-state index in [9.17, 15) is 24.3 Å². The lowest BCUT2D eigenvalue weighted by molar-refractivity contribution is -0.159. The van der Waals surface area contributed by atoms with Crippen molar-refractivity contribution in [3.63, 3.8) is 0 Å². The third-order valence-electron chi connectivity index (χ3n) is 3.36. The number of urea groups is 1. The van der Waals surface area contributed by atoms with Gasteiger partial charge in [0.15, 0.2) is 6.10 Å². The van der Waals surface area contributed by atoms with Crippen LogP contribution in [-0.2, 0) is 14.4 Å². The summed E-state index contributed by atoms with van der Waals surface area (Å²) in [5, 5.41) is 19.9. The molecular formula is C11H18N2O7. The van der Waals surface area contributed by atoms with Crippen LogP contribution in [0.5, 0.6) is 0 Å². The average molecular weight is 290 g/mol. The molecule has 0 saturated carbocycles. The van der Waals surface area contributed by atoms with Crippen molar-refractivity contribution < 1.29 is 34.9 Å². The first kappa shape index (κ1) is 18.2. The van der Waals surface area contributed by atoms with Crippen LogP contribution in [0.1, 0.15) is 26.7 Å². The number of rotatable bonds is 4. The number of amides is 5. The largest absolute Gasteiger partial charge is 0.412 e. The molecule has 1 fully saturated rings. The number of carbonyl (C=O) groups excluding carboxylic acids is 4. The van der Waals surface area contributed by atoms with Gasteiger partial charge in [0.25, 0.3) is 11.8 Å². The number of carbonyl (C=O) groups is 4. The van der Waals surface area contributed by atoms with E-state index in [0.29, 0.717) is 0 Å². The molecule has 20 heavy (non-hydrogen) atoms. The average Bonchev–Trinajstić information content (AvgIpc) is 2.38. The fourth-order valence-electron chi connectivity index (χ4n) is 1.98. The van der Waals surface area contributed by atoms with Crippen molar-refractivity contribution in [2.24, 2.45) is 5.41 Å². The molecule has 114 valence electrons. The Bertz CT molecular complexity index is 430. The van der Waals surface area contributed by atoms with E-state index in [2.05, 4.69) is 0 Å². The Labute approximate surface area is 114 Å². The maximum absolute atomic E-state index is 12.2. The van der Waals surface area contributed by atoms with Gasteiger partial charge in [-0.1, -0.05) is 13.8 Å². The number of aliphatic hydroxyl groups excluding tert-OH is 2. The molecule has 0 aliphatic carbocycles. The van der Waals surface area contributed by atoms with Crippen LogP contribution in [0.15, 0.2) is 0 Å². The minimum atomic E-state index is -1.88. The molecule has 1 rings (SSSR count). The molecule has 1 aliphatic rings. The summed E-state index contributed by atoms with van der Waals surface area (Å²) in [6.45, 7) is 2.25. The van der Waals surface area contributed by atoms with Crippen molar-refractivity contribution in [2.75, 3.05) is 6.61 Å². The third-order valence-corrected chi connectivity index (χ3v) is 3.36. The molecule has 0 aromatic heterocycles. The lowest BCUT2D eigenvalue weighted by Gasteiger charge is -2.37. The zero-order chi connectivity index (χ0) is 14.8. The number of aliphatic hydroxyl groups is 2. The summed E-state index contributed by atoms with van der Waals surface area (Å²) in [5.41, 5.74) is -1.50. The molecule has 5 amide bonds. The summed E-state index contributed by atoms with van der Waals surface area (Å²) in [6.07, 6.45) is -1.66. The first-order chi connectivity index (χ1) is 8.85. The zero-order valence-corrected chi connectivity index (χ0v) is 11.2. The minimum Gasteiger partial charge on any atom is -0.412 e. The summed E-state index contributed by atoms with van der Waals surface area (Å²) in [4.78, 5) is 47.5. The van der Waals surface area contributed by atoms with E-state index in [1.807, 2.05) is 5.32 Å². The van der Waals surface area contributed by atoms with Crippen LogP contribution >= 0.6 is 0 Å². The predicted octanol–water partition coefficient (Wildman–Crippen LogP) is -2.07. The van der Waals surface area contributed by atoms with Gasteiger partial charge in [0, 0.05) is 0 Å². The van der Waals surface area contributed by atoms with Crippen LogP contribution in [0.4, 0.5) is 4.79 Å². The Morgan fingerprint density at radius 2 is 1.80 bits per heavy atom. The Hall–Kier alpha value is -1.84. The Morgan fingerprint density at radius 1 is 1.30 bits per heavy atom. The fraction of sp³-hybridized carbons (Fsp3) is 0.636. The smallest absolute Gasteiger partial charge is 0.337 e. The molecule has 1 atom stereocenters. The highest BCUT2D eigenvalue weighted by molar-refractivity contribution is 6.25. The Balaban J connectivity index is 0.00000361. The van der Waals surface area contributed by atoms with Crippen LogP contribution in [-0.4, -0.2) is 57.1 Å². The second kappa shape index (κ2) is 6.55. The molecule has 9 nitrogen and oxygen atoms in total. The van der Waals surface area contributed by atoms with E-state index in [1.165, 1.54) is 0 Å². The normalized spacial score (nSPS) is 19.2. The third kappa shape index (κ3) is 2.55. The van der Waals surface area contributed by atoms with Crippen molar-refractivity contribution in [2.45, 2.75) is 32.8 Å². The highest BCUT2D eigenvalue weighted by atomic mass is 16.3. The van der Waals surface area contributed by atoms with Crippen LogP contribution in [0, 0.1) is 5.41 Å². The maximum Gasteiger partial charge on any atom is 0.337 e. The minimum absolute atomic E-state index is 0. The lowest BCUT2D eigenvalue weighted by atomic mass is 9.78. The fourth-order valence-corrected chi connectivity index (χ4v) is 1.98. The molecule has 5 N–H and O–H groups in total. The van der Waals surface area contributed by atoms with Gasteiger partial charge in [-0.05, 0) is 12.8 Å². The van der Waals surface area contributed by atoms with Gasteiger partial charge in [-0.3, -0.25) is 19.7 Å². The number of hydrogen-bond acceptors (Lipinski definition) is 6. The van der Waals surface area contributed by atoms with Crippen LogP contribution in [0.25, 0.3) is 0 Å². The number of barbiturate groups is 1. The van der Waals surface area contributed by atoms with E-state index >= 15 is 0 Å². The molecule has 0 aromatic rings. The van der Waals surface area contributed by atoms with Crippen molar-refractivity contribution in [3.05, 3.63) is 0 Å². The molecule has 1 saturated heterocycles. The molecule has 0 bridgehead atoms. The summed E-state index contributed by atoms with van der Waals surface area (Å²) in [7, 11) is 0. The molecule has 0 spiro atoms. The van der Waals surface area contributed by atoms with Gasteiger partial charge in [0.1, 0.15) is 5.41 Å². The monoisotopic (exact) mass is 290 g/mol. The first-order valence-corrected chi connectivity index (χ1v) is 5.88. The number of nitrogens with one attached hydrogen (secondary N) is 1. The molecule has 0 aromatic carbocycles. The van der Waals surface area contributed by atoms with Gasteiger partial charge in [0.2, 0.25) is 5.91 Å². The molecule has 0 radical (unpaired) electrons. The van der Waals surface area contributed by atoms with Crippen molar-refractivity contribution in [3.8, 4) is 0 Å². The quantitative estimate of drug-likeness (QED) is 0.505. The van der Waals surface area contributed by atoms with Gasteiger partial charge in [0.05, 0.1) is 6.61 Å². The second-order valence-electron chi connectivity index (χ2n) is 4.23. The number of imide groups is 4. The Morgan fingerprint density at radius 3 is 2.20 bits per heavy atom. The molecule has 1 aliphatic heterocycles. The standard InChI is InChI=1S/C11H16N2O6.H2O/c1-3-11(4-2)8(17)12-10(19)13(9(11)18)7(16)6(15)5-14;/h6,14-15H,3-5H2,1-2H3,(H,12,17,19);1H2. The maximum atomic E-state index is 12.2. The van der Waals surface area contributed by atoms with Crippen molar-refractivity contribution >= 4 is 23.8 Å². The summed E-state index contributed by atoms with van der Waals surface area (Å²) < 4.78 is 0. The van der Waals surface area contributed by atoms with E-state index in [4.69, 9.17) is 5.11 Å². The summed E-state index contributed by atoms with van der Waals surface area (Å²) in [5.74, 6) is -2.97. The van der Waals surface area contributed by atoms with Crippen molar-refractivity contribution in [1.82, 2.24) is 10.2 Å². The van der Waals surface area contributed by atoms with Gasteiger partial charge in [-0.2, -0.15) is 4.90 Å². The van der Waals surface area contributed by atoms with E-state index < -0.39 is 41.9 Å². The van der Waals surface area contributed by atoms with E-state index in [0.717, 1.165) is 0 Å². The lowest BCUT2D eigenvalue weighted by Crippen LogP contribution is -2.66. The molecule has 1 heterocycles. The molecular weight excluding hydrogens is 272 g/mol. The van der Waals surface area contributed by atoms with Gasteiger partial charge >= 0.3 is 6.03 Å². The van der Waals surface area contributed by atoms with Crippen LogP contribution in [0.2, 0.25) is 0 Å². The van der Waals surface area contributed by atoms with Gasteiger partial charge in [-0.25, -0.2) is 4.79 Å². The highest BCUT2D eigenvalue weighted by Crippen LogP contribution is 2.32. The number of hydrogen-bond donors (Lipinski definition) is 3. The summed E-state index contributed by atoms with van der Waals surface area (Å²) in [6, 6.07) is -1.20. The van der Waals surface area contributed by atoms with Gasteiger partial charge < -0.3 is 15.7 Å². The van der Waals surface area contributed by atoms with Crippen LogP contribution in [0.3, 0.4) is 0 Å². The second-order valence-corrected chi connectivity index (χ2v) is 4.23. The van der Waals surface area contributed by atoms with Crippen LogP contribution < -0.4 is 5.32 Å². The predicted molar refractivity (Wildman–Crippen MR) is 65.1 cm³/mol. The van der Waals surface area contributed by atoms with Crippen molar-refractivity contribution in [1.29, 1.82) is 0 Å². The van der Waals surface area contributed by atoms with E-state index in [1.54, 1.807) is 13.8 Å².